The molecular weight excluding hydrogens is 578 g/mol. The lowest BCUT2D eigenvalue weighted by molar-refractivity contribution is 0.0915. The van der Waals surface area contributed by atoms with Gasteiger partial charge in [0.25, 0.3) is 15.9 Å². The second-order valence-electron chi connectivity index (χ2n) is 8.55. The molecule has 3 aromatic carbocycles. The highest BCUT2D eigenvalue weighted by Crippen LogP contribution is 2.41. The second-order valence-corrected chi connectivity index (χ2v) is 13.0. The fourth-order valence-electron chi connectivity index (χ4n) is 4.08. The third-order valence-corrected chi connectivity index (χ3v) is 10.1. The number of hydrogen-bond acceptors (Lipinski definition) is 7. The number of sulfonamides is 1. The van der Waals surface area contributed by atoms with Crippen molar-refractivity contribution in [2.45, 2.75) is 35.9 Å². The van der Waals surface area contributed by atoms with Crippen molar-refractivity contribution in [3.63, 3.8) is 0 Å². The number of nitrogens with one attached hydrogen (secondary N) is 1. The van der Waals surface area contributed by atoms with E-state index in [0.29, 0.717) is 9.87 Å². The minimum Gasteiger partial charge on any atom is -0.468 e. The highest BCUT2D eigenvalue weighted by Gasteiger charge is 2.42. The Balaban J connectivity index is 1.60. The van der Waals surface area contributed by atoms with Gasteiger partial charge in [-0.1, -0.05) is 30.7 Å². The van der Waals surface area contributed by atoms with Gasteiger partial charge in [-0.2, -0.15) is 0 Å². The SMILES string of the molecule is CCS(=O)(=O)c1ccc([C@H](CO)NC(=O)c2ccc(N3[C@H](C)Oc4ccc(Cl)c(F)c4S3(=O)=O)c(F)c2)cc1. The normalized spacial score (nSPS) is 17.2. The van der Waals surface area contributed by atoms with Gasteiger partial charge in [-0.3, -0.25) is 4.79 Å². The molecule has 208 valence electrons. The Morgan fingerprint density at radius 1 is 1.15 bits per heavy atom. The van der Waals surface area contributed by atoms with E-state index < -0.39 is 71.9 Å². The number of halogens is 3. The topological polar surface area (TPSA) is 130 Å². The molecule has 0 unspecified atom stereocenters. The monoisotopic (exact) mass is 600 g/mol. The Bertz CT molecular complexity index is 1650. The summed E-state index contributed by atoms with van der Waals surface area (Å²) < 4.78 is 86.4. The lowest BCUT2D eigenvalue weighted by atomic mass is 10.1. The molecule has 2 N–H and O–H groups in total. The van der Waals surface area contributed by atoms with Crippen molar-refractivity contribution in [3.05, 3.63) is 82.4 Å². The number of rotatable bonds is 7. The van der Waals surface area contributed by atoms with E-state index in [1.54, 1.807) is 0 Å². The van der Waals surface area contributed by atoms with Crippen LogP contribution in [0.2, 0.25) is 5.02 Å². The van der Waals surface area contributed by atoms with Crippen molar-refractivity contribution >= 4 is 43.1 Å². The van der Waals surface area contributed by atoms with Crippen LogP contribution >= 0.6 is 11.6 Å². The third-order valence-electron chi connectivity index (χ3n) is 6.12. The van der Waals surface area contributed by atoms with Crippen LogP contribution < -0.4 is 14.4 Å². The van der Waals surface area contributed by atoms with Crippen molar-refractivity contribution in [2.24, 2.45) is 0 Å². The zero-order valence-electron chi connectivity index (χ0n) is 20.6. The third kappa shape index (κ3) is 5.31. The van der Waals surface area contributed by atoms with Crippen LogP contribution in [0.25, 0.3) is 0 Å². The molecule has 0 spiro atoms. The summed E-state index contributed by atoms with van der Waals surface area (Å²) >= 11 is 5.75. The Morgan fingerprint density at radius 2 is 1.82 bits per heavy atom. The predicted octanol–water partition coefficient (Wildman–Crippen LogP) is 3.81. The molecule has 1 heterocycles. The first-order valence-electron chi connectivity index (χ1n) is 11.5. The van der Waals surface area contributed by atoms with E-state index in [1.807, 2.05) is 0 Å². The molecule has 0 aromatic heterocycles. The fraction of sp³-hybridized carbons (Fsp3) is 0.240. The van der Waals surface area contributed by atoms with Crippen LogP contribution in [0, 0.1) is 11.6 Å². The molecule has 0 saturated heterocycles. The van der Waals surface area contributed by atoms with Crippen LogP contribution in [0.15, 0.2) is 64.4 Å². The maximum atomic E-state index is 15.2. The number of ether oxygens (including phenoxy) is 1. The summed E-state index contributed by atoms with van der Waals surface area (Å²) in [5.74, 6) is -3.50. The predicted molar refractivity (Wildman–Crippen MR) is 139 cm³/mol. The molecule has 9 nitrogen and oxygen atoms in total. The zero-order valence-corrected chi connectivity index (χ0v) is 22.9. The van der Waals surface area contributed by atoms with E-state index >= 15 is 4.39 Å². The lowest BCUT2D eigenvalue weighted by Crippen LogP contribution is -2.46. The molecule has 1 aliphatic heterocycles. The number of hydrogen-bond donors (Lipinski definition) is 2. The van der Waals surface area contributed by atoms with Crippen molar-refractivity contribution in [1.29, 1.82) is 0 Å². The molecule has 2 atom stereocenters. The van der Waals surface area contributed by atoms with Gasteiger partial charge in [-0.15, -0.1) is 0 Å². The number of fused-ring (bicyclic) bond motifs is 1. The van der Waals surface area contributed by atoms with Crippen LogP contribution in [0.3, 0.4) is 0 Å². The van der Waals surface area contributed by atoms with E-state index in [1.165, 1.54) is 44.2 Å². The number of nitrogens with zero attached hydrogens (tertiary/aromatic N) is 1. The Hall–Kier alpha value is -3.26. The quantitative estimate of drug-likeness (QED) is 0.422. The second kappa shape index (κ2) is 10.7. The van der Waals surface area contributed by atoms with Gasteiger partial charge >= 0.3 is 0 Å². The van der Waals surface area contributed by atoms with E-state index in [-0.39, 0.29) is 22.0 Å². The number of aliphatic hydroxyl groups is 1. The summed E-state index contributed by atoms with van der Waals surface area (Å²) in [6, 6.07) is 9.98. The number of carbonyl (C=O) groups excluding carboxylic acids is 1. The van der Waals surface area contributed by atoms with Gasteiger partial charge in [0, 0.05) is 5.56 Å². The number of aliphatic hydroxyl groups excluding tert-OH is 1. The average molecular weight is 601 g/mol. The van der Waals surface area contributed by atoms with Crippen LogP contribution in [-0.2, 0) is 19.9 Å². The molecule has 0 radical (unpaired) electrons. The fourth-order valence-corrected chi connectivity index (χ4v) is 6.92. The standard InChI is InChI=1S/C25H23ClF2N2O7S2/c1-3-38(33,34)17-7-4-15(5-8-17)20(13-31)29-25(32)16-6-10-21(19(27)12-16)30-14(2)37-22-11-9-18(26)23(28)24(22)39(30,35)36/h4-12,14,20,31H,3,13H2,1-2H3,(H,29,32)/t14-,20-/m0/s1. The van der Waals surface area contributed by atoms with Crippen LogP contribution in [0.5, 0.6) is 5.75 Å². The molecular formula is C25H23ClF2N2O7S2. The van der Waals surface area contributed by atoms with Crippen LogP contribution in [0.4, 0.5) is 14.5 Å². The number of anilines is 1. The molecule has 3 aromatic rings. The molecule has 1 amide bonds. The zero-order chi connectivity index (χ0) is 28.7. The summed E-state index contributed by atoms with van der Waals surface area (Å²) in [4.78, 5) is 12.1. The minimum atomic E-state index is -4.64. The van der Waals surface area contributed by atoms with Gasteiger partial charge < -0.3 is 15.2 Å². The summed E-state index contributed by atoms with van der Waals surface area (Å²) in [6.07, 6.45) is -1.25. The van der Waals surface area contributed by atoms with Crippen molar-refractivity contribution in [3.8, 4) is 5.75 Å². The van der Waals surface area contributed by atoms with Crippen molar-refractivity contribution in [1.82, 2.24) is 5.32 Å². The molecule has 0 aliphatic carbocycles. The van der Waals surface area contributed by atoms with Gasteiger partial charge in [0.2, 0.25) is 0 Å². The number of benzene rings is 3. The maximum Gasteiger partial charge on any atom is 0.274 e. The number of sulfone groups is 1. The summed E-state index contributed by atoms with van der Waals surface area (Å²) in [7, 11) is -8.08. The highest BCUT2D eigenvalue weighted by molar-refractivity contribution is 7.93. The summed E-state index contributed by atoms with van der Waals surface area (Å²) in [5.41, 5.74) is -0.282. The molecule has 39 heavy (non-hydrogen) atoms. The first kappa shape index (κ1) is 28.7. The summed E-state index contributed by atoms with van der Waals surface area (Å²) in [5, 5.41) is 11.9. The smallest absolute Gasteiger partial charge is 0.274 e. The maximum absolute atomic E-state index is 15.2. The molecule has 1 aliphatic rings. The van der Waals surface area contributed by atoms with Gasteiger partial charge in [-0.05, 0) is 55.0 Å². The first-order chi connectivity index (χ1) is 18.3. The Labute approximate surface area is 228 Å². The van der Waals surface area contributed by atoms with Gasteiger partial charge in [0.1, 0.15) is 11.6 Å². The van der Waals surface area contributed by atoms with Crippen molar-refractivity contribution < 1.29 is 40.3 Å². The first-order valence-corrected chi connectivity index (χ1v) is 15.0. The van der Waals surface area contributed by atoms with Gasteiger partial charge in [0.05, 0.1) is 34.0 Å². The number of amides is 1. The Kier molecular flexibility index (Phi) is 7.90. The van der Waals surface area contributed by atoms with Gasteiger partial charge in [0.15, 0.2) is 26.8 Å². The summed E-state index contributed by atoms with van der Waals surface area (Å²) in [6.45, 7) is 2.29. The van der Waals surface area contributed by atoms with Crippen molar-refractivity contribution in [2.75, 3.05) is 16.7 Å². The number of carbonyl (C=O) groups is 1. The average Bonchev–Trinajstić information content (AvgIpc) is 2.89. The molecule has 0 saturated carbocycles. The van der Waals surface area contributed by atoms with E-state index in [2.05, 4.69) is 5.32 Å². The van der Waals surface area contributed by atoms with E-state index in [9.17, 15) is 31.1 Å². The molecule has 14 heteroatoms. The lowest BCUT2D eigenvalue weighted by Gasteiger charge is -2.35. The van der Waals surface area contributed by atoms with E-state index in [0.717, 1.165) is 24.3 Å². The highest BCUT2D eigenvalue weighted by atomic mass is 35.5. The van der Waals surface area contributed by atoms with Crippen LogP contribution in [0.1, 0.15) is 35.8 Å². The Morgan fingerprint density at radius 3 is 2.41 bits per heavy atom. The van der Waals surface area contributed by atoms with E-state index in [4.69, 9.17) is 16.3 Å². The molecule has 0 bridgehead atoms. The molecule has 4 rings (SSSR count). The largest absolute Gasteiger partial charge is 0.468 e. The minimum absolute atomic E-state index is 0.0880. The molecule has 0 fully saturated rings. The van der Waals surface area contributed by atoms with Gasteiger partial charge in [-0.25, -0.2) is 29.9 Å². The van der Waals surface area contributed by atoms with Crippen LogP contribution in [-0.4, -0.2) is 46.4 Å².